The Hall–Kier alpha value is -3.26. The summed E-state index contributed by atoms with van der Waals surface area (Å²) in [7, 11) is 3.21. The third-order valence-corrected chi connectivity index (χ3v) is 5.38. The van der Waals surface area contributed by atoms with E-state index >= 15 is 0 Å². The molecule has 0 spiro atoms. The molecule has 2 aromatic carbocycles. The number of methoxy groups -OCH3 is 2. The average Bonchev–Trinajstić information content (AvgIpc) is 2.83. The Labute approximate surface area is 189 Å². The highest BCUT2D eigenvalue weighted by Gasteiger charge is 2.21. The second-order valence-electron chi connectivity index (χ2n) is 7.53. The van der Waals surface area contributed by atoms with Gasteiger partial charge in [0.2, 0.25) is 11.8 Å². The van der Waals surface area contributed by atoms with Gasteiger partial charge in [-0.1, -0.05) is 6.07 Å². The maximum Gasteiger partial charge on any atom is 0.224 e. The summed E-state index contributed by atoms with van der Waals surface area (Å²) in [6.45, 7) is 4.32. The Morgan fingerprint density at radius 1 is 0.875 bits per heavy atom. The molecule has 32 heavy (non-hydrogen) atoms. The second-order valence-corrected chi connectivity index (χ2v) is 7.53. The molecular weight excluding hydrogens is 410 g/mol. The summed E-state index contributed by atoms with van der Waals surface area (Å²) in [5.74, 6) is 2.12. The molecule has 8 nitrogen and oxygen atoms in total. The number of hydrogen-bond acceptors (Lipinski definition) is 6. The fraction of sp³-hybridized carbons (Fsp3) is 0.417. The van der Waals surface area contributed by atoms with Gasteiger partial charge in [0.1, 0.15) is 23.9 Å². The number of rotatable bonds is 10. The van der Waals surface area contributed by atoms with Gasteiger partial charge in [-0.2, -0.15) is 0 Å². The highest BCUT2D eigenvalue weighted by Crippen LogP contribution is 2.18. The highest BCUT2D eigenvalue weighted by molar-refractivity contribution is 5.93. The van der Waals surface area contributed by atoms with Crippen LogP contribution in [0.25, 0.3) is 0 Å². The molecule has 2 amide bonds. The van der Waals surface area contributed by atoms with E-state index in [9.17, 15) is 9.59 Å². The zero-order valence-electron chi connectivity index (χ0n) is 18.7. The van der Waals surface area contributed by atoms with E-state index in [1.807, 2.05) is 35.2 Å². The van der Waals surface area contributed by atoms with Gasteiger partial charge in [0.15, 0.2) is 0 Å². The number of carbonyl (C=O) groups is 2. The summed E-state index contributed by atoms with van der Waals surface area (Å²) in [5, 5.41) is 2.81. The molecule has 0 radical (unpaired) electrons. The maximum absolute atomic E-state index is 12.5. The summed E-state index contributed by atoms with van der Waals surface area (Å²) >= 11 is 0. The Balaban J connectivity index is 1.31. The van der Waals surface area contributed by atoms with Crippen LogP contribution in [0.5, 0.6) is 17.2 Å². The van der Waals surface area contributed by atoms with Crippen LogP contribution < -0.4 is 19.5 Å². The lowest BCUT2D eigenvalue weighted by Crippen LogP contribution is -2.49. The smallest absolute Gasteiger partial charge is 0.224 e. The van der Waals surface area contributed by atoms with Gasteiger partial charge in [0, 0.05) is 57.3 Å². The Kier molecular flexibility index (Phi) is 8.74. The molecule has 0 aromatic heterocycles. The molecule has 2 aromatic rings. The molecule has 0 aliphatic carbocycles. The topological polar surface area (TPSA) is 80.3 Å². The number of carbonyl (C=O) groups excluding carboxylic acids is 2. The molecule has 8 heteroatoms. The van der Waals surface area contributed by atoms with Gasteiger partial charge in [-0.3, -0.25) is 14.5 Å². The molecule has 3 rings (SSSR count). The summed E-state index contributed by atoms with van der Waals surface area (Å²) in [6, 6.07) is 14.7. The lowest BCUT2D eigenvalue weighted by molar-refractivity contribution is -0.134. The van der Waals surface area contributed by atoms with Crippen molar-refractivity contribution in [2.75, 3.05) is 58.9 Å². The number of nitrogens with zero attached hydrogens (tertiary/aromatic N) is 2. The first-order valence-electron chi connectivity index (χ1n) is 10.8. The van der Waals surface area contributed by atoms with Crippen LogP contribution in [0.3, 0.4) is 0 Å². The third-order valence-electron chi connectivity index (χ3n) is 5.38. The minimum atomic E-state index is -0.180. The van der Waals surface area contributed by atoms with Crippen LogP contribution >= 0.6 is 0 Å². The molecular formula is C24H31N3O5. The number of ether oxygens (including phenoxy) is 3. The highest BCUT2D eigenvalue weighted by atomic mass is 16.5. The Morgan fingerprint density at radius 2 is 1.56 bits per heavy atom. The number of nitrogens with one attached hydrogen (secondary N) is 1. The van der Waals surface area contributed by atoms with Crippen LogP contribution in [0, 0.1) is 0 Å². The van der Waals surface area contributed by atoms with E-state index in [-0.39, 0.29) is 24.7 Å². The summed E-state index contributed by atoms with van der Waals surface area (Å²) in [4.78, 5) is 28.8. The van der Waals surface area contributed by atoms with E-state index < -0.39 is 0 Å². The Bertz CT molecular complexity index is 879. The number of anilines is 1. The van der Waals surface area contributed by atoms with Gasteiger partial charge < -0.3 is 24.4 Å². The first-order valence-corrected chi connectivity index (χ1v) is 10.8. The molecule has 0 saturated carbocycles. The molecule has 1 N–H and O–H groups in total. The van der Waals surface area contributed by atoms with Crippen molar-refractivity contribution >= 4 is 17.5 Å². The number of benzene rings is 2. The van der Waals surface area contributed by atoms with Gasteiger partial charge in [-0.25, -0.2) is 0 Å². The van der Waals surface area contributed by atoms with Crippen LogP contribution in [-0.4, -0.2) is 75.2 Å². The molecule has 172 valence electrons. The molecule has 1 fully saturated rings. The second kappa shape index (κ2) is 12.0. The van der Waals surface area contributed by atoms with Crippen molar-refractivity contribution in [1.82, 2.24) is 9.80 Å². The van der Waals surface area contributed by atoms with E-state index in [2.05, 4.69) is 10.2 Å². The lowest BCUT2D eigenvalue weighted by Gasteiger charge is -2.34. The van der Waals surface area contributed by atoms with Gasteiger partial charge in [0.05, 0.1) is 14.2 Å². The fourth-order valence-electron chi connectivity index (χ4n) is 3.49. The van der Waals surface area contributed by atoms with E-state index in [4.69, 9.17) is 14.2 Å². The predicted molar refractivity (Wildman–Crippen MR) is 122 cm³/mol. The summed E-state index contributed by atoms with van der Waals surface area (Å²) in [5.41, 5.74) is 0.660. The number of amides is 2. The SMILES string of the molecule is COc1ccc(OCCN2CCN(C(=O)CCC(=O)Nc3cccc(OC)c3)CC2)cc1. The summed E-state index contributed by atoms with van der Waals surface area (Å²) < 4.78 is 16.1. The van der Waals surface area contributed by atoms with Gasteiger partial charge in [-0.05, 0) is 36.4 Å². The van der Waals surface area contributed by atoms with Crippen LogP contribution in [0.4, 0.5) is 5.69 Å². The predicted octanol–water partition coefficient (Wildman–Crippen LogP) is 2.65. The standard InChI is InChI=1S/C24H31N3O5/c1-30-20-6-8-21(9-7-20)32-17-16-26-12-14-27(15-13-26)24(29)11-10-23(28)25-19-4-3-5-22(18-19)31-2/h3-9,18H,10-17H2,1-2H3,(H,25,28). The van der Waals surface area contributed by atoms with Crippen molar-refractivity contribution in [1.29, 1.82) is 0 Å². The van der Waals surface area contributed by atoms with Gasteiger partial charge >= 0.3 is 0 Å². The van der Waals surface area contributed by atoms with Gasteiger partial charge in [-0.15, -0.1) is 0 Å². The number of hydrogen-bond donors (Lipinski definition) is 1. The van der Waals surface area contributed by atoms with Crippen molar-refractivity contribution < 1.29 is 23.8 Å². The molecule has 1 heterocycles. The first-order chi connectivity index (χ1) is 15.6. The summed E-state index contributed by atoms with van der Waals surface area (Å²) in [6.07, 6.45) is 0.363. The van der Waals surface area contributed by atoms with E-state index in [1.165, 1.54) is 0 Å². The van der Waals surface area contributed by atoms with Gasteiger partial charge in [0.25, 0.3) is 0 Å². The monoisotopic (exact) mass is 441 g/mol. The molecule has 0 bridgehead atoms. The molecule has 1 aliphatic heterocycles. The minimum Gasteiger partial charge on any atom is -0.497 e. The average molecular weight is 442 g/mol. The maximum atomic E-state index is 12.5. The fourth-order valence-corrected chi connectivity index (χ4v) is 3.49. The van der Waals surface area contributed by atoms with E-state index in [1.54, 1.807) is 32.4 Å². The molecule has 1 saturated heterocycles. The first kappa shape index (κ1) is 23.4. The largest absolute Gasteiger partial charge is 0.497 e. The van der Waals surface area contributed by atoms with Crippen molar-refractivity contribution in [3.63, 3.8) is 0 Å². The van der Waals surface area contributed by atoms with Crippen LogP contribution in [0.1, 0.15) is 12.8 Å². The third kappa shape index (κ3) is 7.16. The van der Waals surface area contributed by atoms with E-state index in [0.717, 1.165) is 31.1 Å². The van der Waals surface area contributed by atoms with Crippen LogP contribution in [0.2, 0.25) is 0 Å². The van der Waals surface area contributed by atoms with Crippen LogP contribution in [-0.2, 0) is 9.59 Å². The molecule has 1 aliphatic rings. The van der Waals surface area contributed by atoms with Crippen LogP contribution in [0.15, 0.2) is 48.5 Å². The van der Waals surface area contributed by atoms with E-state index in [0.29, 0.717) is 31.1 Å². The Morgan fingerprint density at radius 3 is 2.25 bits per heavy atom. The minimum absolute atomic E-state index is 0.0138. The lowest BCUT2D eigenvalue weighted by atomic mass is 10.2. The molecule has 0 unspecified atom stereocenters. The van der Waals surface area contributed by atoms with Crippen molar-refractivity contribution in [2.24, 2.45) is 0 Å². The quantitative estimate of drug-likeness (QED) is 0.611. The van der Waals surface area contributed by atoms with Crippen molar-refractivity contribution in [2.45, 2.75) is 12.8 Å². The zero-order valence-corrected chi connectivity index (χ0v) is 18.7. The van der Waals surface area contributed by atoms with Crippen molar-refractivity contribution in [3.8, 4) is 17.2 Å². The zero-order chi connectivity index (χ0) is 22.8. The normalized spacial score (nSPS) is 14.0. The van der Waals surface area contributed by atoms with Crippen molar-refractivity contribution in [3.05, 3.63) is 48.5 Å². The molecule has 0 atom stereocenters. The number of piperazine rings is 1.